The fourth-order valence-electron chi connectivity index (χ4n) is 1.42. The molecule has 0 atom stereocenters. The number of thiazole rings is 1. The molecule has 0 N–H and O–H groups in total. The molecule has 2 heterocycles. The van der Waals surface area contributed by atoms with E-state index in [9.17, 15) is 0 Å². The Labute approximate surface area is 114 Å². The van der Waals surface area contributed by atoms with E-state index in [1.165, 1.54) is 11.8 Å². The van der Waals surface area contributed by atoms with E-state index in [4.69, 9.17) is 9.15 Å². The van der Waals surface area contributed by atoms with Crippen molar-refractivity contribution < 1.29 is 9.15 Å². The molecule has 0 aromatic carbocycles. The third-order valence-electron chi connectivity index (χ3n) is 2.16. The maximum Gasteiger partial charge on any atom is 0.276 e. The van der Waals surface area contributed by atoms with Gasteiger partial charge in [0, 0.05) is 12.4 Å². The Morgan fingerprint density at radius 1 is 1.33 bits per heavy atom. The number of hydrogen-bond acceptors (Lipinski definition) is 7. The zero-order valence-electron chi connectivity index (χ0n) is 10.6. The van der Waals surface area contributed by atoms with Gasteiger partial charge in [-0.3, -0.25) is 0 Å². The largest absolute Gasteiger partial charge is 0.410 e. The van der Waals surface area contributed by atoms with Gasteiger partial charge in [-0.25, -0.2) is 4.98 Å². The minimum absolute atomic E-state index is 0.553. The molecule has 0 aliphatic heterocycles. The van der Waals surface area contributed by atoms with Crippen molar-refractivity contribution >= 4 is 23.1 Å². The average molecular weight is 285 g/mol. The average Bonchev–Trinajstić information content (AvgIpc) is 2.91. The molecule has 2 rings (SSSR count). The predicted molar refractivity (Wildman–Crippen MR) is 72.1 cm³/mol. The fourth-order valence-corrected chi connectivity index (χ4v) is 2.88. The summed E-state index contributed by atoms with van der Waals surface area (Å²) in [6.07, 6.45) is 0. The molecule has 0 fully saturated rings. The molecule has 18 heavy (non-hydrogen) atoms. The summed E-state index contributed by atoms with van der Waals surface area (Å²) in [6.45, 7) is 7.32. The second-order valence-electron chi connectivity index (χ2n) is 3.57. The van der Waals surface area contributed by atoms with Crippen molar-refractivity contribution in [2.75, 3.05) is 19.0 Å². The number of hydrogen-bond donors (Lipinski definition) is 0. The highest BCUT2D eigenvalue weighted by Crippen LogP contribution is 2.30. The molecule has 0 bridgehead atoms. The minimum atomic E-state index is 0.553. The first kappa shape index (κ1) is 13.5. The molecule has 0 unspecified atom stereocenters. The van der Waals surface area contributed by atoms with Crippen LogP contribution in [-0.4, -0.2) is 34.1 Å². The van der Waals surface area contributed by atoms with Gasteiger partial charge in [0.15, 0.2) is 0 Å². The lowest BCUT2D eigenvalue weighted by Crippen LogP contribution is -1.95. The van der Waals surface area contributed by atoms with Crippen molar-refractivity contribution in [3.8, 4) is 10.8 Å². The van der Waals surface area contributed by atoms with Crippen LogP contribution in [0.3, 0.4) is 0 Å². The molecule has 98 valence electrons. The normalized spacial score (nSPS) is 11.1. The Morgan fingerprint density at radius 3 is 2.83 bits per heavy atom. The third kappa shape index (κ3) is 3.30. The molecule has 5 nitrogen and oxygen atoms in total. The quantitative estimate of drug-likeness (QED) is 0.600. The lowest BCUT2D eigenvalue weighted by Gasteiger charge is -1.96. The van der Waals surface area contributed by atoms with E-state index in [2.05, 4.69) is 15.2 Å². The van der Waals surface area contributed by atoms with Crippen LogP contribution in [0.4, 0.5) is 0 Å². The molecule has 0 saturated heterocycles. The second-order valence-corrected chi connectivity index (χ2v) is 5.82. The van der Waals surface area contributed by atoms with Gasteiger partial charge in [0.25, 0.3) is 11.1 Å². The van der Waals surface area contributed by atoms with Crippen LogP contribution in [0.15, 0.2) is 9.64 Å². The van der Waals surface area contributed by atoms with Gasteiger partial charge in [-0.1, -0.05) is 11.8 Å². The molecule has 0 aliphatic carbocycles. The van der Waals surface area contributed by atoms with Gasteiger partial charge in [-0.2, -0.15) is 0 Å². The minimum Gasteiger partial charge on any atom is -0.410 e. The van der Waals surface area contributed by atoms with Crippen LogP contribution in [0.1, 0.15) is 17.6 Å². The number of aromatic nitrogens is 3. The van der Waals surface area contributed by atoms with Gasteiger partial charge in [0.05, 0.1) is 17.3 Å². The highest BCUT2D eigenvalue weighted by Gasteiger charge is 2.14. The summed E-state index contributed by atoms with van der Waals surface area (Å²) in [5.41, 5.74) is 0.937. The predicted octanol–water partition coefficient (Wildman–Crippen LogP) is 2.94. The number of rotatable bonds is 6. The fraction of sp³-hybridized carbons (Fsp3) is 0.545. The Hall–Kier alpha value is -0.920. The first-order chi connectivity index (χ1) is 8.70. The van der Waals surface area contributed by atoms with Gasteiger partial charge in [0.1, 0.15) is 4.88 Å². The van der Waals surface area contributed by atoms with Crippen LogP contribution in [0.5, 0.6) is 0 Å². The Balaban J connectivity index is 1.99. The van der Waals surface area contributed by atoms with Crippen molar-refractivity contribution in [3.63, 3.8) is 0 Å². The lowest BCUT2D eigenvalue weighted by molar-refractivity contribution is 0.164. The maximum absolute atomic E-state index is 5.60. The Bertz CT molecular complexity index is 510. The first-order valence-electron chi connectivity index (χ1n) is 5.69. The SMILES string of the molecule is CCOCCSc1nnc(-c2sc(C)nc2C)o1. The molecular formula is C11H15N3O2S2. The summed E-state index contributed by atoms with van der Waals surface area (Å²) in [6, 6.07) is 0. The molecule has 0 saturated carbocycles. The zero-order valence-corrected chi connectivity index (χ0v) is 12.2. The van der Waals surface area contributed by atoms with Gasteiger partial charge in [-0.05, 0) is 20.8 Å². The molecule has 2 aromatic heterocycles. The topological polar surface area (TPSA) is 61.0 Å². The van der Waals surface area contributed by atoms with Crippen LogP contribution < -0.4 is 0 Å². The summed E-state index contributed by atoms with van der Waals surface area (Å²) in [4.78, 5) is 5.30. The number of thioether (sulfide) groups is 1. The molecule has 0 amide bonds. The summed E-state index contributed by atoms with van der Waals surface area (Å²) >= 11 is 3.08. The Kier molecular flexibility index (Phi) is 4.73. The van der Waals surface area contributed by atoms with Crippen molar-refractivity contribution in [2.45, 2.75) is 26.0 Å². The third-order valence-corrected chi connectivity index (χ3v) is 4.01. The van der Waals surface area contributed by atoms with Crippen LogP contribution in [-0.2, 0) is 4.74 Å². The van der Waals surface area contributed by atoms with Crippen molar-refractivity contribution in [3.05, 3.63) is 10.7 Å². The smallest absolute Gasteiger partial charge is 0.276 e. The summed E-state index contributed by atoms with van der Waals surface area (Å²) in [5, 5.41) is 9.65. The van der Waals surface area contributed by atoms with Crippen molar-refractivity contribution in [1.82, 2.24) is 15.2 Å². The van der Waals surface area contributed by atoms with E-state index in [0.717, 1.165) is 27.9 Å². The summed E-state index contributed by atoms with van der Waals surface area (Å²) in [7, 11) is 0. The van der Waals surface area contributed by atoms with E-state index in [-0.39, 0.29) is 0 Å². The number of nitrogens with zero attached hydrogens (tertiary/aromatic N) is 3. The first-order valence-corrected chi connectivity index (χ1v) is 7.49. The molecule has 7 heteroatoms. The van der Waals surface area contributed by atoms with Gasteiger partial charge >= 0.3 is 0 Å². The molecular weight excluding hydrogens is 270 g/mol. The monoisotopic (exact) mass is 285 g/mol. The van der Waals surface area contributed by atoms with Gasteiger partial charge in [0.2, 0.25) is 0 Å². The van der Waals surface area contributed by atoms with Gasteiger partial charge in [-0.15, -0.1) is 21.5 Å². The van der Waals surface area contributed by atoms with Crippen LogP contribution in [0.2, 0.25) is 0 Å². The van der Waals surface area contributed by atoms with Crippen LogP contribution in [0.25, 0.3) is 10.8 Å². The highest BCUT2D eigenvalue weighted by atomic mass is 32.2. The van der Waals surface area contributed by atoms with Crippen LogP contribution >= 0.6 is 23.1 Å². The summed E-state index contributed by atoms with van der Waals surface area (Å²) in [5.74, 6) is 1.37. The molecule has 0 aliphatic rings. The van der Waals surface area contributed by atoms with Gasteiger partial charge < -0.3 is 9.15 Å². The van der Waals surface area contributed by atoms with Crippen molar-refractivity contribution in [1.29, 1.82) is 0 Å². The molecule has 0 spiro atoms. The van der Waals surface area contributed by atoms with Crippen molar-refractivity contribution in [2.24, 2.45) is 0 Å². The van der Waals surface area contributed by atoms with Crippen LogP contribution in [0, 0.1) is 13.8 Å². The standard InChI is InChI=1S/C11H15N3O2S2/c1-4-15-5-6-17-11-14-13-10(16-11)9-7(2)12-8(3)18-9/h4-6H2,1-3H3. The van der Waals surface area contributed by atoms with E-state index in [1.807, 2.05) is 20.8 Å². The summed E-state index contributed by atoms with van der Waals surface area (Å²) < 4.78 is 10.9. The maximum atomic E-state index is 5.60. The van der Waals surface area contributed by atoms with E-state index in [1.54, 1.807) is 11.3 Å². The van der Waals surface area contributed by atoms with E-state index in [0.29, 0.717) is 17.7 Å². The number of aryl methyl sites for hydroxylation is 2. The second kappa shape index (κ2) is 6.31. The molecule has 0 radical (unpaired) electrons. The number of ether oxygens (including phenoxy) is 1. The highest BCUT2D eigenvalue weighted by molar-refractivity contribution is 7.99. The molecule has 2 aromatic rings. The van der Waals surface area contributed by atoms with E-state index >= 15 is 0 Å². The lowest BCUT2D eigenvalue weighted by atomic mass is 10.4. The zero-order chi connectivity index (χ0) is 13.0. The van der Waals surface area contributed by atoms with E-state index < -0.39 is 0 Å². The Morgan fingerprint density at radius 2 is 2.17 bits per heavy atom.